The van der Waals surface area contributed by atoms with E-state index in [0.717, 1.165) is 31.5 Å². The Morgan fingerprint density at radius 2 is 1.86 bits per heavy atom. The van der Waals surface area contributed by atoms with E-state index in [-0.39, 0.29) is 35.5 Å². The smallest absolute Gasteiger partial charge is 0.407 e. The maximum absolute atomic E-state index is 12.0. The molecule has 1 aromatic heterocycles. The van der Waals surface area contributed by atoms with Crippen molar-refractivity contribution in [1.82, 2.24) is 14.9 Å². The van der Waals surface area contributed by atoms with Gasteiger partial charge in [-0.3, -0.25) is 10.1 Å². The SMILES string of the molecule is COc1cc(CN(CC2CCC(Nc3nccc(N(C)C)n3)CC2)C(=O)O)c([N+](=O)[O-])cc1OC. The van der Waals surface area contributed by atoms with Gasteiger partial charge in [0.2, 0.25) is 5.95 Å². The summed E-state index contributed by atoms with van der Waals surface area (Å²) in [5, 5.41) is 24.8. The molecule has 0 spiro atoms. The summed E-state index contributed by atoms with van der Waals surface area (Å²) >= 11 is 0. The number of anilines is 2. The van der Waals surface area contributed by atoms with E-state index in [9.17, 15) is 20.0 Å². The van der Waals surface area contributed by atoms with Crippen molar-refractivity contribution < 1.29 is 24.3 Å². The molecule has 0 unspecified atom stereocenters. The number of hydrogen-bond donors (Lipinski definition) is 2. The summed E-state index contributed by atoms with van der Waals surface area (Å²) < 4.78 is 10.4. The zero-order chi connectivity index (χ0) is 25.5. The number of methoxy groups -OCH3 is 2. The Labute approximate surface area is 204 Å². The third-order valence-electron chi connectivity index (χ3n) is 6.17. The van der Waals surface area contributed by atoms with E-state index >= 15 is 0 Å². The minimum Gasteiger partial charge on any atom is -0.493 e. The molecule has 1 fully saturated rings. The van der Waals surface area contributed by atoms with Gasteiger partial charge < -0.3 is 29.7 Å². The number of nitrogens with one attached hydrogen (secondary N) is 1. The monoisotopic (exact) mass is 488 g/mol. The van der Waals surface area contributed by atoms with Crippen LogP contribution in [0.5, 0.6) is 11.5 Å². The molecule has 1 aliphatic carbocycles. The third-order valence-corrected chi connectivity index (χ3v) is 6.17. The molecule has 1 aromatic carbocycles. The zero-order valence-electron chi connectivity index (χ0n) is 20.4. The Kier molecular flexibility index (Phi) is 8.50. The van der Waals surface area contributed by atoms with Crippen molar-refractivity contribution in [2.24, 2.45) is 5.92 Å². The van der Waals surface area contributed by atoms with E-state index in [2.05, 4.69) is 15.3 Å². The lowest BCUT2D eigenvalue weighted by Crippen LogP contribution is -2.37. The molecule has 12 heteroatoms. The van der Waals surface area contributed by atoms with Gasteiger partial charge in [-0.15, -0.1) is 0 Å². The Morgan fingerprint density at radius 1 is 1.20 bits per heavy atom. The van der Waals surface area contributed by atoms with Crippen molar-refractivity contribution >= 4 is 23.5 Å². The van der Waals surface area contributed by atoms with Gasteiger partial charge >= 0.3 is 6.09 Å². The van der Waals surface area contributed by atoms with Crippen LogP contribution in [0.15, 0.2) is 24.4 Å². The first kappa shape index (κ1) is 25.8. The van der Waals surface area contributed by atoms with Crippen molar-refractivity contribution in [2.75, 3.05) is 45.1 Å². The minimum absolute atomic E-state index is 0.116. The maximum atomic E-state index is 12.0. The van der Waals surface area contributed by atoms with Gasteiger partial charge in [-0.25, -0.2) is 9.78 Å². The van der Waals surface area contributed by atoms with Crippen LogP contribution in [0.4, 0.5) is 22.2 Å². The Hall–Kier alpha value is -3.83. The number of carbonyl (C=O) groups is 1. The molecular formula is C23H32N6O6. The largest absolute Gasteiger partial charge is 0.493 e. The number of rotatable bonds is 10. The first-order valence-corrected chi connectivity index (χ1v) is 11.4. The summed E-state index contributed by atoms with van der Waals surface area (Å²) in [7, 11) is 6.65. The van der Waals surface area contributed by atoms with Gasteiger partial charge in [0.25, 0.3) is 5.69 Å². The Bertz CT molecular complexity index is 1040. The van der Waals surface area contributed by atoms with Gasteiger partial charge in [0.1, 0.15) is 5.82 Å². The molecular weight excluding hydrogens is 456 g/mol. The normalized spacial score (nSPS) is 17.4. The number of nitro groups is 1. The minimum atomic E-state index is -1.12. The van der Waals surface area contributed by atoms with Gasteiger partial charge in [0.05, 0.1) is 37.3 Å². The van der Waals surface area contributed by atoms with E-state index in [0.29, 0.717) is 18.2 Å². The van der Waals surface area contributed by atoms with Crippen LogP contribution in [0, 0.1) is 16.0 Å². The lowest BCUT2D eigenvalue weighted by atomic mass is 9.85. The number of benzene rings is 1. The molecule has 3 rings (SSSR count). The number of carboxylic acid groups (broad SMARTS) is 1. The second-order valence-electron chi connectivity index (χ2n) is 8.75. The van der Waals surface area contributed by atoms with Gasteiger partial charge in [-0.05, 0) is 43.7 Å². The fourth-order valence-corrected chi connectivity index (χ4v) is 4.27. The van der Waals surface area contributed by atoms with E-state index in [1.807, 2.05) is 25.1 Å². The molecule has 1 saturated carbocycles. The second-order valence-corrected chi connectivity index (χ2v) is 8.75. The van der Waals surface area contributed by atoms with E-state index in [4.69, 9.17) is 9.47 Å². The fraction of sp³-hybridized carbons (Fsp3) is 0.522. The highest BCUT2D eigenvalue weighted by Crippen LogP contribution is 2.35. The average molecular weight is 489 g/mol. The van der Waals surface area contributed by atoms with Gasteiger partial charge in [0.15, 0.2) is 11.5 Å². The maximum Gasteiger partial charge on any atom is 0.407 e. The first-order valence-electron chi connectivity index (χ1n) is 11.4. The van der Waals surface area contributed by atoms with Crippen molar-refractivity contribution in [3.8, 4) is 11.5 Å². The molecule has 1 heterocycles. The van der Waals surface area contributed by atoms with Gasteiger partial charge in [-0.1, -0.05) is 0 Å². The predicted molar refractivity (Wildman–Crippen MR) is 130 cm³/mol. The van der Waals surface area contributed by atoms with Crippen molar-refractivity contribution in [2.45, 2.75) is 38.3 Å². The van der Waals surface area contributed by atoms with Crippen LogP contribution in [0.3, 0.4) is 0 Å². The van der Waals surface area contributed by atoms with Crippen LogP contribution >= 0.6 is 0 Å². The molecule has 0 radical (unpaired) electrons. The molecule has 1 aliphatic rings. The van der Waals surface area contributed by atoms with Gasteiger partial charge in [-0.2, -0.15) is 4.98 Å². The second kappa shape index (κ2) is 11.5. The van der Waals surface area contributed by atoms with Crippen molar-refractivity contribution in [1.29, 1.82) is 0 Å². The fourth-order valence-electron chi connectivity index (χ4n) is 4.27. The van der Waals surface area contributed by atoms with Crippen LogP contribution in [-0.2, 0) is 6.54 Å². The molecule has 1 amide bonds. The summed E-state index contributed by atoms with van der Waals surface area (Å²) in [5.41, 5.74) is 0.0464. The topological polar surface area (TPSA) is 143 Å². The van der Waals surface area contributed by atoms with E-state index < -0.39 is 11.0 Å². The first-order chi connectivity index (χ1) is 16.7. The number of hydrogen-bond acceptors (Lipinski definition) is 9. The quantitative estimate of drug-likeness (QED) is 0.376. The zero-order valence-corrected chi connectivity index (χ0v) is 20.4. The molecule has 12 nitrogen and oxygen atoms in total. The summed E-state index contributed by atoms with van der Waals surface area (Å²) in [6, 6.07) is 4.77. The Morgan fingerprint density at radius 3 is 2.43 bits per heavy atom. The van der Waals surface area contributed by atoms with Crippen LogP contribution in [-0.4, -0.2) is 71.9 Å². The molecule has 0 bridgehead atoms. The molecule has 2 N–H and O–H groups in total. The number of nitrogens with zero attached hydrogens (tertiary/aromatic N) is 5. The van der Waals surface area contributed by atoms with Crippen molar-refractivity contribution in [3.63, 3.8) is 0 Å². The number of aromatic nitrogens is 2. The van der Waals surface area contributed by atoms with Crippen LogP contribution < -0.4 is 19.7 Å². The highest BCUT2D eigenvalue weighted by molar-refractivity contribution is 5.66. The summed E-state index contributed by atoms with van der Waals surface area (Å²) in [6.07, 6.45) is 3.94. The number of ether oxygens (including phenoxy) is 2. The number of amides is 1. The highest BCUT2D eigenvalue weighted by atomic mass is 16.6. The van der Waals surface area contributed by atoms with Crippen LogP contribution in [0.2, 0.25) is 0 Å². The Balaban J connectivity index is 1.64. The van der Waals surface area contributed by atoms with Gasteiger partial charge in [0, 0.05) is 32.9 Å². The summed E-state index contributed by atoms with van der Waals surface area (Å²) in [6.45, 7) is 0.176. The molecule has 190 valence electrons. The highest BCUT2D eigenvalue weighted by Gasteiger charge is 2.28. The van der Waals surface area contributed by atoms with Crippen LogP contribution in [0.1, 0.15) is 31.2 Å². The molecule has 0 saturated heterocycles. The predicted octanol–water partition coefficient (Wildman–Crippen LogP) is 3.62. The van der Waals surface area contributed by atoms with E-state index in [1.54, 1.807) is 6.20 Å². The summed E-state index contributed by atoms with van der Waals surface area (Å²) in [4.78, 5) is 35.0. The van der Waals surface area contributed by atoms with Crippen LogP contribution in [0.25, 0.3) is 0 Å². The molecule has 35 heavy (non-hydrogen) atoms. The molecule has 2 aromatic rings. The lowest BCUT2D eigenvalue weighted by Gasteiger charge is -2.32. The number of nitro benzene ring substituents is 1. The lowest BCUT2D eigenvalue weighted by molar-refractivity contribution is -0.385. The average Bonchev–Trinajstić information content (AvgIpc) is 2.84. The molecule has 0 atom stereocenters. The van der Waals surface area contributed by atoms with Crippen molar-refractivity contribution in [3.05, 3.63) is 40.1 Å². The summed E-state index contributed by atoms with van der Waals surface area (Å²) in [5.74, 6) is 2.07. The molecule has 0 aliphatic heterocycles. The third kappa shape index (κ3) is 6.61. The van der Waals surface area contributed by atoms with E-state index in [1.165, 1.54) is 31.3 Å². The standard InChI is InChI=1S/C23H32N6O6/c1-27(2)21-9-10-24-22(26-21)25-17-7-5-15(6-8-17)13-28(23(30)31)14-16-11-19(34-3)20(35-4)12-18(16)29(32)33/h9-12,15,17H,5-8,13-14H2,1-4H3,(H,30,31)(H,24,25,26).